The van der Waals surface area contributed by atoms with E-state index in [0.29, 0.717) is 28.2 Å². The second kappa shape index (κ2) is 7.92. The van der Waals surface area contributed by atoms with Crippen molar-refractivity contribution in [2.24, 2.45) is 0 Å². The summed E-state index contributed by atoms with van der Waals surface area (Å²) in [6.45, 7) is 10.7. The van der Waals surface area contributed by atoms with Crippen LogP contribution in [0, 0.1) is 0 Å². The van der Waals surface area contributed by atoms with Crippen LogP contribution in [0.15, 0.2) is 58.5 Å². The lowest BCUT2D eigenvalue weighted by atomic mass is 9.86. The van der Waals surface area contributed by atoms with Gasteiger partial charge in [-0.1, -0.05) is 68.9 Å². The fourth-order valence-corrected chi connectivity index (χ4v) is 4.15. The van der Waals surface area contributed by atoms with Gasteiger partial charge in [-0.15, -0.1) is 0 Å². The number of nitrogens with zero attached hydrogens (tertiary/aromatic N) is 2. The molecule has 2 aromatic carbocycles. The molecule has 1 aromatic heterocycles. The molecule has 0 aliphatic heterocycles. The number of aromatic nitrogens is 2. The highest BCUT2D eigenvalue weighted by atomic mass is 32.2. The molecule has 0 fully saturated rings. The van der Waals surface area contributed by atoms with E-state index in [9.17, 15) is 9.59 Å². The van der Waals surface area contributed by atoms with E-state index in [1.807, 2.05) is 56.3 Å². The molecule has 1 heterocycles. The van der Waals surface area contributed by atoms with Gasteiger partial charge in [-0.05, 0) is 37.0 Å². The maximum atomic E-state index is 12.9. The summed E-state index contributed by atoms with van der Waals surface area (Å²) in [7, 11) is 0. The molecular weight excluding hydrogens is 368 g/mol. The van der Waals surface area contributed by atoms with Crippen LogP contribution in [0.3, 0.4) is 0 Å². The molecule has 3 rings (SSSR count). The lowest BCUT2D eigenvalue weighted by Gasteiger charge is -2.19. The van der Waals surface area contributed by atoms with Crippen molar-refractivity contribution in [2.45, 2.75) is 57.0 Å². The van der Waals surface area contributed by atoms with E-state index in [2.05, 4.69) is 25.8 Å². The molecule has 0 saturated carbocycles. The van der Waals surface area contributed by atoms with Crippen molar-refractivity contribution >= 4 is 28.4 Å². The Morgan fingerprint density at radius 1 is 1.11 bits per heavy atom. The van der Waals surface area contributed by atoms with Crippen LogP contribution in [0.4, 0.5) is 0 Å². The van der Waals surface area contributed by atoms with Gasteiger partial charge in [0.1, 0.15) is 0 Å². The van der Waals surface area contributed by atoms with Crippen molar-refractivity contribution in [1.82, 2.24) is 9.55 Å². The highest BCUT2D eigenvalue weighted by Crippen LogP contribution is 2.27. The summed E-state index contributed by atoms with van der Waals surface area (Å²) in [5, 5.41) is 0.843. The minimum absolute atomic E-state index is 0.0375. The first-order valence-electron chi connectivity index (χ1n) is 9.53. The monoisotopic (exact) mass is 394 g/mol. The minimum atomic E-state index is -0.341. The summed E-state index contributed by atoms with van der Waals surface area (Å²) in [5.74, 6) is 0.0375. The number of fused-ring (bicyclic) bond motifs is 1. The number of ketones is 1. The normalized spacial score (nSPS) is 12.9. The van der Waals surface area contributed by atoms with Crippen LogP contribution in [-0.2, 0) is 12.0 Å². The second-order valence-corrected chi connectivity index (χ2v) is 9.22. The molecule has 0 saturated heterocycles. The predicted molar refractivity (Wildman–Crippen MR) is 116 cm³/mol. The lowest BCUT2D eigenvalue weighted by molar-refractivity contribution is 0.0993. The number of rotatable bonds is 5. The molecule has 4 nitrogen and oxygen atoms in total. The molecule has 28 heavy (non-hydrogen) atoms. The summed E-state index contributed by atoms with van der Waals surface area (Å²) >= 11 is 1.34. The highest BCUT2D eigenvalue weighted by Gasteiger charge is 2.21. The van der Waals surface area contributed by atoms with Crippen LogP contribution in [-0.4, -0.2) is 20.6 Å². The first-order chi connectivity index (χ1) is 13.2. The Kier molecular flexibility index (Phi) is 5.75. The molecule has 0 aliphatic carbocycles. The Bertz CT molecular complexity index is 1060. The molecule has 1 atom stereocenters. The summed E-state index contributed by atoms with van der Waals surface area (Å²) < 4.78 is 1.64. The van der Waals surface area contributed by atoms with Crippen LogP contribution >= 0.6 is 11.8 Å². The fourth-order valence-electron chi connectivity index (χ4n) is 3.10. The maximum absolute atomic E-state index is 12.9. The van der Waals surface area contributed by atoms with Gasteiger partial charge in [0.05, 0.1) is 16.2 Å². The molecule has 0 unspecified atom stereocenters. The highest BCUT2D eigenvalue weighted by molar-refractivity contribution is 8.00. The van der Waals surface area contributed by atoms with Crippen LogP contribution in [0.5, 0.6) is 0 Å². The number of benzene rings is 2. The van der Waals surface area contributed by atoms with E-state index in [-0.39, 0.29) is 22.0 Å². The number of Topliss-reactive ketones (excluding diaryl/α,β-unsaturated/α-hetero) is 1. The Morgan fingerprint density at radius 2 is 1.75 bits per heavy atom. The number of para-hydroxylation sites is 1. The Hall–Kier alpha value is -2.40. The predicted octanol–water partition coefficient (Wildman–Crippen LogP) is 5.08. The Morgan fingerprint density at radius 3 is 2.36 bits per heavy atom. The van der Waals surface area contributed by atoms with Crippen LogP contribution in [0.1, 0.15) is 50.5 Å². The summed E-state index contributed by atoms with van der Waals surface area (Å²) in [5.41, 5.74) is 2.52. The van der Waals surface area contributed by atoms with Crippen LogP contribution in [0.2, 0.25) is 0 Å². The minimum Gasteiger partial charge on any atom is -0.293 e. The SMILES string of the molecule is CCn1c(S[C@H](C)C(=O)c2ccc(C(C)(C)C)cc2)nc2ccccc2c1=O. The average Bonchev–Trinajstić information content (AvgIpc) is 2.67. The summed E-state index contributed by atoms with van der Waals surface area (Å²) in [6.07, 6.45) is 0. The molecule has 0 spiro atoms. The van der Waals surface area contributed by atoms with Crippen LogP contribution in [0.25, 0.3) is 10.9 Å². The average molecular weight is 395 g/mol. The van der Waals surface area contributed by atoms with Gasteiger partial charge < -0.3 is 0 Å². The maximum Gasteiger partial charge on any atom is 0.262 e. The van der Waals surface area contributed by atoms with E-state index in [0.717, 1.165) is 0 Å². The fraction of sp³-hybridized carbons (Fsp3) is 0.348. The molecule has 0 amide bonds. The van der Waals surface area contributed by atoms with E-state index < -0.39 is 0 Å². The molecule has 0 bridgehead atoms. The summed E-state index contributed by atoms with van der Waals surface area (Å²) in [4.78, 5) is 30.3. The van der Waals surface area contributed by atoms with E-state index >= 15 is 0 Å². The van der Waals surface area contributed by atoms with Crippen molar-refractivity contribution in [2.75, 3.05) is 0 Å². The molecule has 3 aromatic rings. The third-order valence-electron chi connectivity index (χ3n) is 4.83. The Balaban J connectivity index is 1.89. The first-order valence-corrected chi connectivity index (χ1v) is 10.4. The van der Waals surface area contributed by atoms with Crippen molar-refractivity contribution < 1.29 is 4.79 Å². The van der Waals surface area contributed by atoms with Gasteiger partial charge in [-0.3, -0.25) is 14.2 Å². The van der Waals surface area contributed by atoms with Gasteiger partial charge in [0.25, 0.3) is 5.56 Å². The molecule has 146 valence electrons. The number of hydrogen-bond donors (Lipinski definition) is 0. The lowest BCUT2D eigenvalue weighted by Crippen LogP contribution is -2.24. The van der Waals surface area contributed by atoms with E-state index in [4.69, 9.17) is 0 Å². The van der Waals surface area contributed by atoms with Crippen molar-refractivity contribution in [3.05, 3.63) is 70.0 Å². The number of thioether (sulfide) groups is 1. The number of carbonyl (C=O) groups is 1. The molecule has 0 N–H and O–H groups in total. The first kappa shape index (κ1) is 20.3. The molecule has 5 heteroatoms. The van der Waals surface area contributed by atoms with Gasteiger partial charge in [0.15, 0.2) is 10.9 Å². The second-order valence-electron chi connectivity index (χ2n) is 7.91. The Labute approximate surface area is 170 Å². The topological polar surface area (TPSA) is 52.0 Å². The van der Waals surface area contributed by atoms with E-state index in [1.54, 1.807) is 10.6 Å². The van der Waals surface area contributed by atoms with Gasteiger partial charge in [0.2, 0.25) is 0 Å². The van der Waals surface area contributed by atoms with Crippen molar-refractivity contribution in [3.8, 4) is 0 Å². The zero-order chi connectivity index (χ0) is 20.5. The largest absolute Gasteiger partial charge is 0.293 e. The quantitative estimate of drug-likeness (QED) is 0.344. The van der Waals surface area contributed by atoms with E-state index in [1.165, 1.54) is 17.3 Å². The van der Waals surface area contributed by atoms with Gasteiger partial charge in [-0.25, -0.2) is 4.98 Å². The third-order valence-corrected chi connectivity index (χ3v) is 5.92. The number of carbonyl (C=O) groups excluding carboxylic acids is 1. The van der Waals surface area contributed by atoms with Crippen LogP contribution < -0.4 is 5.56 Å². The van der Waals surface area contributed by atoms with Crippen molar-refractivity contribution in [1.29, 1.82) is 0 Å². The smallest absolute Gasteiger partial charge is 0.262 e. The zero-order valence-corrected chi connectivity index (χ0v) is 17.8. The van der Waals surface area contributed by atoms with Gasteiger partial charge >= 0.3 is 0 Å². The van der Waals surface area contributed by atoms with Gasteiger partial charge in [-0.2, -0.15) is 0 Å². The standard InChI is InChI=1S/C23H26N2O2S/c1-6-25-21(27)18-9-7-8-10-19(18)24-22(25)28-15(2)20(26)16-11-13-17(14-12-16)23(3,4)5/h7-15H,6H2,1-5H3/t15-/m1/s1. The van der Waals surface area contributed by atoms with Crippen molar-refractivity contribution in [3.63, 3.8) is 0 Å². The molecule has 0 aliphatic rings. The summed E-state index contributed by atoms with van der Waals surface area (Å²) in [6, 6.07) is 15.1. The van der Waals surface area contributed by atoms with Gasteiger partial charge in [0, 0.05) is 12.1 Å². The molecule has 0 radical (unpaired) electrons. The third kappa shape index (κ3) is 4.04. The number of hydrogen-bond acceptors (Lipinski definition) is 4. The zero-order valence-electron chi connectivity index (χ0n) is 17.0. The molecular formula is C23H26N2O2S.